The van der Waals surface area contributed by atoms with Crippen molar-refractivity contribution < 1.29 is 140 Å². The number of hydrogen-bond acceptors (Lipinski definition) is 16. The van der Waals surface area contributed by atoms with E-state index in [9.17, 15) is 19.2 Å². The first-order valence-electron chi connectivity index (χ1n) is 47.5. The number of rotatable bonds is 12. The smallest absolute Gasteiger partial charge is 0.155 e. The monoisotopic (exact) mass is 2860 g/mol. The molecule has 5 radical (unpaired) electrons. The third-order valence-electron chi connectivity index (χ3n) is 21.9. The van der Waals surface area contributed by atoms with Crippen molar-refractivity contribution in [1.82, 2.24) is 39.9 Å². The third-order valence-corrected chi connectivity index (χ3v) is 21.9. The average molecular weight is 2860 g/mol. The molecule has 0 saturated carbocycles. The first-order valence-corrected chi connectivity index (χ1v) is 47.5. The fourth-order valence-corrected chi connectivity index (χ4v) is 15.2. The second kappa shape index (κ2) is 63.0. The molecule has 0 bridgehead atoms. The SMILES string of the molecule is CC(=O)C=C(C)O.CC(=O)C=C(C)O.CC(=O)C=C(C)O.CC(=O)C=C(C)O.CC(C)(C)c1c[c-]c(-c2nccc3ccccc23)cc1.CC(C)(C)c1ccc(-c2nccc3ccccc23)cc1.[Ir].[Ir].[Ir].[Ir].[Ir].[c-]1ccccc1-c1ccc2ccccc2n1.[c-]1ccccc1-c1nc2c(nc1-c1ccccc1)CCCC2.[c-]1ccccc1-c1nc2ccccc2nc1-c1ccccc1.[c-]1ccccc1-c1nccc2ccccc12. The molecule has 0 amide bonds. The fraction of sp³-hybridized carbons (Fsp3) is 0.156. The van der Waals surface area contributed by atoms with Crippen molar-refractivity contribution in [3.63, 3.8) is 0 Å². The summed E-state index contributed by atoms with van der Waals surface area (Å²) in [6.07, 6.45) is 14.8. The minimum Gasteiger partial charge on any atom is -0.512 e. The molecular weight excluding hydrogens is 2740 g/mol. The zero-order valence-corrected chi connectivity index (χ0v) is 97.5. The third kappa shape index (κ3) is 39.5. The van der Waals surface area contributed by atoms with Gasteiger partial charge in [0.25, 0.3) is 0 Å². The molecule has 21 heteroatoms. The summed E-state index contributed by atoms with van der Waals surface area (Å²) in [6, 6.07) is 135. The summed E-state index contributed by atoms with van der Waals surface area (Å²) in [5.74, 6) is -0.250. The summed E-state index contributed by atoms with van der Waals surface area (Å²) in [5.41, 5.74) is 24.3. The van der Waals surface area contributed by atoms with Crippen LogP contribution in [0.5, 0.6) is 0 Å². The minimum atomic E-state index is -0.125. The van der Waals surface area contributed by atoms with Crippen LogP contribution < -0.4 is 0 Å². The van der Waals surface area contributed by atoms with Crippen LogP contribution in [-0.2, 0) is 143 Å². The number of aliphatic hydroxyl groups is 4. The zero-order chi connectivity index (χ0) is 103. The molecule has 6 aromatic heterocycles. The summed E-state index contributed by atoms with van der Waals surface area (Å²) in [6.45, 7) is 24.7. The minimum absolute atomic E-state index is 0. The van der Waals surface area contributed by atoms with E-state index in [1.807, 2.05) is 207 Å². The summed E-state index contributed by atoms with van der Waals surface area (Å²) in [5, 5.41) is 41.8. The van der Waals surface area contributed by atoms with Crippen molar-refractivity contribution in [3.05, 3.63) is 471 Å². The van der Waals surface area contributed by atoms with Gasteiger partial charge in [-0.1, -0.05) is 242 Å². The summed E-state index contributed by atoms with van der Waals surface area (Å²) >= 11 is 0. The quantitative estimate of drug-likeness (QED) is 0.0504. The van der Waals surface area contributed by atoms with Crippen molar-refractivity contribution in [2.75, 3.05) is 0 Å². The first kappa shape index (κ1) is 124. The van der Waals surface area contributed by atoms with E-state index in [0.717, 1.165) is 120 Å². The maximum absolute atomic E-state index is 10.0. The Hall–Kier alpha value is -14.0. The number of pyridine rings is 4. The number of aliphatic hydroxyl groups excluding tert-OH is 4. The number of hydrogen-bond donors (Lipinski definition) is 4. The van der Waals surface area contributed by atoms with Crippen LogP contribution in [0.15, 0.2) is 418 Å². The maximum atomic E-state index is 10.0. The number of carbonyl (C=O) groups excluding carboxylic acids is 4. The first-order chi connectivity index (χ1) is 69.3. The van der Waals surface area contributed by atoms with E-state index in [0.29, 0.717) is 0 Å². The molecule has 0 unspecified atom stereocenters. The van der Waals surface area contributed by atoms with Gasteiger partial charge >= 0.3 is 0 Å². The largest absolute Gasteiger partial charge is 0.512 e. The van der Waals surface area contributed by atoms with Gasteiger partial charge in [-0.15, -0.1) is 179 Å². The van der Waals surface area contributed by atoms with E-state index < -0.39 is 0 Å². The second-order valence-electron chi connectivity index (χ2n) is 36.0. The van der Waals surface area contributed by atoms with Crippen LogP contribution in [0, 0.1) is 30.3 Å². The molecule has 16 nitrogen and oxygen atoms in total. The Labute approximate surface area is 943 Å². The predicted octanol–water partition coefficient (Wildman–Crippen LogP) is 31.0. The van der Waals surface area contributed by atoms with Gasteiger partial charge in [-0.2, -0.15) is 0 Å². The molecule has 149 heavy (non-hydrogen) atoms. The van der Waals surface area contributed by atoms with Crippen LogP contribution in [0.4, 0.5) is 0 Å². The van der Waals surface area contributed by atoms with Gasteiger partial charge in [0.05, 0.1) is 68.1 Å². The van der Waals surface area contributed by atoms with Gasteiger partial charge < -0.3 is 30.4 Å². The molecular formula is C128H119Ir5N8O8-5. The van der Waals surface area contributed by atoms with Crippen molar-refractivity contribution in [2.24, 2.45) is 0 Å². The van der Waals surface area contributed by atoms with Crippen molar-refractivity contribution >= 4 is 77.4 Å². The van der Waals surface area contributed by atoms with Crippen LogP contribution in [0.25, 0.3) is 144 Å². The molecule has 13 aromatic carbocycles. The second-order valence-corrected chi connectivity index (χ2v) is 36.0. The Morgan fingerprint density at radius 1 is 0.262 bits per heavy atom. The molecule has 20 rings (SSSR count). The molecule has 0 fully saturated rings. The molecule has 6 heterocycles. The van der Waals surface area contributed by atoms with Gasteiger partial charge in [0, 0.05) is 166 Å². The van der Waals surface area contributed by atoms with Gasteiger partial charge in [0.15, 0.2) is 23.1 Å². The van der Waals surface area contributed by atoms with Gasteiger partial charge in [0.1, 0.15) is 0 Å². The molecule has 769 valence electrons. The van der Waals surface area contributed by atoms with E-state index >= 15 is 0 Å². The van der Waals surface area contributed by atoms with E-state index in [2.05, 4.69) is 256 Å². The van der Waals surface area contributed by atoms with E-state index in [-0.39, 0.29) is 158 Å². The van der Waals surface area contributed by atoms with Gasteiger partial charge in [-0.05, 0) is 194 Å². The molecule has 0 atom stereocenters. The molecule has 4 N–H and O–H groups in total. The number of fused-ring (bicyclic) bond motifs is 6. The van der Waals surface area contributed by atoms with Crippen LogP contribution in [-0.4, -0.2) is 83.4 Å². The normalized spacial score (nSPS) is 11.2. The van der Waals surface area contributed by atoms with Gasteiger partial charge in [-0.3, -0.25) is 49.1 Å². The van der Waals surface area contributed by atoms with Crippen molar-refractivity contribution in [1.29, 1.82) is 0 Å². The van der Waals surface area contributed by atoms with E-state index in [4.69, 9.17) is 40.4 Å². The van der Waals surface area contributed by atoms with Crippen LogP contribution in [0.3, 0.4) is 0 Å². The van der Waals surface area contributed by atoms with E-state index in [1.165, 1.54) is 153 Å². The maximum Gasteiger partial charge on any atom is 0.155 e. The van der Waals surface area contributed by atoms with Crippen LogP contribution in [0.2, 0.25) is 0 Å². The number of carbonyl (C=O) groups is 4. The zero-order valence-electron chi connectivity index (χ0n) is 85.5. The standard InChI is InChI=1S/C20H17N2.C20H13N2.C19H19N.C19H18N.2C15H10N.4C5H8O2.5Ir/c2*1-3-9-15(10-4-1)19-20(16-11-5-2-6-12-16)22-18-14-8-7-13-17(18)21-19;2*1-19(2,3)16-10-8-15(9-11-16)18-17-7-5-4-6-14(17)12-13-20-18;1-2-7-13(8-3-1)15-14-9-5-4-6-12(14)10-11-16-15;1-2-6-12(7-3-1)15-11-10-13-8-4-5-9-14(13)16-15;4*1-4(6)3-5(2)7;;;;;/h1-6,9-11H,7-8,13-14H2;1-11,13-14H;4-13H,1-3H3;4-8,10-13H,1-3H3;1-7,9-11H;1-6,8-11H;4*3,6H,1-2H3;;;;;/q2*-1;;3*-1;;;;;;;;;. The molecule has 0 saturated heterocycles. The Morgan fingerprint density at radius 2 is 0.564 bits per heavy atom. The summed E-state index contributed by atoms with van der Waals surface area (Å²) in [7, 11) is 0. The Balaban J connectivity index is 0.000000258. The number of allylic oxidation sites excluding steroid dienone is 8. The number of benzene rings is 13. The number of aromatic nitrogens is 8. The molecule has 0 aliphatic heterocycles. The molecule has 1 aliphatic rings. The van der Waals surface area contributed by atoms with Crippen molar-refractivity contribution in [3.8, 4) is 90.1 Å². The topological polar surface area (TPSA) is 252 Å². The number of nitrogens with zero attached hydrogens (tertiary/aromatic N) is 8. The average Bonchev–Trinajstić information content (AvgIpc) is 0.621. The number of ketones is 4. The van der Waals surface area contributed by atoms with Crippen molar-refractivity contribution in [2.45, 2.75) is 133 Å². The fourth-order valence-electron chi connectivity index (χ4n) is 15.2. The van der Waals surface area contributed by atoms with Crippen LogP contribution >= 0.6 is 0 Å². The number of aryl methyl sites for hydroxylation is 2. The van der Waals surface area contributed by atoms with Crippen LogP contribution in [0.1, 0.15) is 132 Å². The predicted molar refractivity (Wildman–Crippen MR) is 589 cm³/mol. The van der Waals surface area contributed by atoms with Gasteiger partial charge in [-0.25, -0.2) is 0 Å². The summed E-state index contributed by atoms with van der Waals surface area (Å²) in [4.78, 5) is 77.8. The Morgan fingerprint density at radius 3 is 0.926 bits per heavy atom. The Kier molecular flexibility index (Phi) is 52.3. The molecule has 19 aromatic rings. The summed E-state index contributed by atoms with van der Waals surface area (Å²) < 4.78 is 0. The molecule has 0 spiro atoms. The van der Waals surface area contributed by atoms with E-state index in [1.54, 1.807) is 0 Å². The number of para-hydroxylation sites is 3. The molecule has 1 aliphatic carbocycles. The Bertz CT molecular complexity index is 7180. The van der Waals surface area contributed by atoms with Gasteiger partial charge in [0.2, 0.25) is 0 Å².